The smallest absolute Gasteiger partial charge is 0.257 e. The van der Waals surface area contributed by atoms with Gasteiger partial charge in [-0.25, -0.2) is 0 Å². The van der Waals surface area contributed by atoms with Crippen LogP contribution in [0.4, 0.5) is 5.69 Å². The standard InChI is InChI=1S/C11H7Cl2N3O2/c12-7-3-8(13)10(17)9(4-7)16-11(18)6-1-2-14-15-5-6/h1-5,17H,(H,16,18). The molecule has 0 bridgehead atoms. The lowest BCUT2D eigenvalue weighted by molar-refractivity contribution is 0.102. The van der Waals surface area contributed by atoms with Gasteiger partial charge >= 0.3 is 0 Å². The van der Waals surface area contributed by atoms with Gasteiger partial charge in [-0.1, -0.05) is 23.2 Å². The van der Waals surface area contributed by atoms with E-state index in [9.17, 15) is 9.90 Å². The van der Waals surface area contributed by atoms with E-state index < -0.39 is 5.91 Å². The number of nitrogens with one attached hydrogen (secondary N) is 1. The molecule has 92 valence electrons. The molecule has 2 aromatic rings. The van der Waals surface area contributed by atoms with Crippen LogP contribution >= 0.6 is 23.2 Å². The molecule has 7 heteroatoms. The van der Waals surface area contributed by atoms with E-state index in [1.165, 1.54) is 30.6 Å². The summed E-state index contributed by atoms with van der Waals surface area (Å²) in [5.41, 5.74) is 0.440. The van der Waals surface area contributed by atoms with E-state index in [1.54, 1.807) is 0 Å². The summed E-state index contributed by atoms with van der Waals surface area (Å²) < 4.78 is 0. The molecule has 0 aliphatic heterocycles. The topological polar surface area (TPSA) is 75.1 Å². The first-order valence-electron chi connectivity index (χ1n) is 4.84. The number of phenols is 1. The van der Waals surface area contributed by atoms with Crippen molar-refractivity contribution in [3.63, 3.8) is 0 Å². The van der Waals surface area contributed by atoms with E-state index in [-0.39, 0.29) is 16.5 Å². The van der Waals surface area contributed by atoms with Gasteiger partial charge in [-0.05, 0) is 18.2 Å². The van der Waals surface area contributed by atoms with Crippen LogP contribution in [0.25, 0.3) is 0 Å². The first kappa shape index (κ1) is 12.6. The Morgan fingerprint density at radius 1 is 1.28 bits per heavy atom. The summed E-state index contributed by atoms with van der Waals surface area (Å²) in [7, 11) is 0. The lowest BCUT2D eigenvalue weighted by Crippen LogP contribution is -2.12. The lowest BCUT2D eigenvalue weighted by Gasteiger charge is -2.08. The third-order valence-electron chi connectivity index (χ3n) is 2.12. The summed E-state index contributed by atoms with van der Waals surface area (Å²) in [5, 5.41) is 19.7. The fraction of sp³-hybridized carbons (Fsp3) is 0. The molecule has 1 amide bonds. The van der Waals surface area contributed by atoms with Crippen LogP contribution in [-0.2, 0) is 0 Å². The van der Waals surface area contributed by atoms with Crippen molar-refractivity contribution in [1.82, 2.24) is 10.2 Å². The summed E-state index contributed by atoms with van der Waals surface area (Å²) >= 11 is 11.5. The summed E-state index contributed by atoms with van der Waals surface area (Å²) in [5.74, 6) is -0.685. The number of carbonyl (C=O) groups is 1. The highest BCUT2D eigenvalue weighted by Crippen LogP contribution is 2.35. The van der Waals surface area contributed by atoms with Crippen LogP contribution in [0.5, 0.6) is 5.75 Å². The molecule has 1 aromatic carbocycles. The summed E-state index contributed by atoms with van der Waals surface area (Å²) in [6.07, 6.45) is 2.69. The molecular weight excluding hydrogens is 277 g/mol. The maximum absolute atomic E-state index is 11.8. The highest BCUT2D eigenvalue weighted by atomic mass is 35.5. The molecule has 1 aromatic heterocycles. The number of hydrogen-bond donors (Lipinski definition) is 2. The highest BCUT2D eigenvalue weighted by Gasteiger charge is 2.12. The lowest BCUT2D eigenvalue weighted by atomic mass is 10.2. The van der Waals surface area contributed by atoms with Gasteiger partial charge in [0.2, 0.25) is 0 Å². The minimum atomic E-state index is -0.446. The van der Waals surface area contributed by atoms with Crippen molar-refractivity contribution in [3.8, 4) is 5.75 Å². The molecule has 0 atom stereocenters. The Hall–Kier alpha value is -1.85. The van der Waals surface area contributed by atoms with Crippen molar-refractivity contribution in [1.29, 1.82) is 0 Å². The molecule has 2 N–H and O–H groups in total. The van der Waals surface area contributed by atoms with Crippen molar-refractivity contribution in [2.75, 3.05) is 5.32 Å². The number of carbonyl (C=O) groups excluding carboxylic acids is 1. The van der Waals surface area contributed by atoms with Gasteiger partial charge in [0.1, 0.15) is 0 Å². The number of amides is 1. The van der Waals surface area contributed by atoms with Gasteiger partial charge in [0, 0.05) is 5.02 Å². The van der Waals surface area contributed by atoms with Crippen LogP contribution in [0.3, 0.4) is 0 Å². The Morgan fingerprint density at radius 3 is 2.72 bits per heavy atom. The third-order valence-corrected chi connectivity index (χ3v) is 2.63. The molecule has 0 saturated carbocycles. The predicted octanol–water partition coefficient (Wildman–Crippen LogP) is 2.74. The van der Waals surface area contributed by atoms with Crippen LogP contribution in [0.1, 0.15) is 10.4 Å². The minimum Gasteiger partial charge on any atom is -0.504 e. The monoisotopic (exact) mass is 283 g/mol. The number of aromatic nitrogens is 2. The zero-order chi connectivity index (χ0) is 13.1. The number of phenolic OH excluding ortho intramolecular Hbond substituents is 1. The number of benzene rings is 1. The Morgan fingerprint density at radius 2 is 2.06 bits per heavy atom. The van der Waals surface area contributed by atoms with Crippen molar-refractivity contribution in [2.45, 2.75) is 0 Å². The molecule has 0 fully saturated rings. The maximum Gasteiger partial charge on any atom is 0.257 e. The van der Waals surface area contributed by atoms with Crippen molar-refractivity contribution in [2.24, 2.45) is 0 Å². The van der Waals surface area contributed by atoms with Crippen LogP contribution in [0.2, 0.25) is 10.0 Å². The average molecular weight is 284 g/mol. The quantitative estimate of drug-likeness (QED) is 0.831. The molecule has 0 aliphatic rings. The van der Waals surface area contributed by atoms with Crippen LogP contribution in [0.15, 0.2) is 30.6 Å². The second kappa shape index (κ2) is 5.20. The predicted molar refractivity (Wildman–Crippen MR) is 68.1 cm³/mol. The SMILES string of the molecule is O=C(Nc1cc(Cl)cc(Cl)c1O)c1ccnnc1. The molecule has 0 spiro atoms. The summed E-state index contributed by atoms with van der Waals surface area (Å²) in [6, 6.07) is 4.27. The molecular formula is C11H7Cl2N3O2. The number of halogens is 2. The van der Waals surface area contributed by atoms with Crippen LogP contribution < -0.4 is 5.32 Å². The molecule has 2 rings (SSSR count). The van der Waals surface area contributed by atoms with E-state index in [4.69, 9.17) is 23.2 Å². The normalized spacial score (nSPS) is 10.1. The summed E-state index contributed by atoms with van der Waals surface area (Å²) in [4.78, 5) is 11.8. The fourth-order valence-corrected chi connectivity index (χ4v) is 1.77. The Balaban J connectivity index is 2.28. The number of nitrogens with zero attached hydrogens (tertiary/aromatic N) is 2. The van der Waals surface area contributed by atoms with Gasteiger partial charge in [-0.3, -0.25) is 4.79 Å². The number of rotatable bonds is 2. The first-order valence-corrected chi connectivity index (χ1v) is 5.59. The second-order valence-corrected chi connectivity index (χ2v) is 4.21. The van der Waals surface area contributed by atoms with Gasteiger partial charge in [-0.2, -0.15) is 10.2 Å². The number of anilines is 1. The van der Waals surface area contributed by atoms with Crippen LogP contribution in [-0.4, -0.2) is 21.2 Å². The minimum absolute atomic E-state index is 0.0608. The van der Waals surface area contributed by atoms with Gasteiger partial charge in [0.25, 0.3) is 5.91 Å². The van der Waals surface area contributed by atoms with Crippen molar-refractivity contribution < 1.29 is 9.90 Å². The average Bonchev–Trinajstić information content (AvgIpc) is 2.36. The molecule has 1 heterocycles. The fourth-order valence-electron chi connectivity index (χ4n) is 1.28. The van der Waals surface area contributed by atoms with Gasteiger partial charge in [0.05, 0.1) is 28.7 Å². The van der Waals surface area contributed by atoms with E-state index in [2.05, 4.69) is 15.5 Å². The summed E-state index contributed by atoms with van der Waals surface area (Å²) in [6.45, 7) is 0. The van der Waals surface area contributed by atoms with Gasteiger partial charge in [-0.15, -0.1) is 0 Å². The van der Waals surface area contributed by atoms with E-state index in [0.717, 1.165) is 0 Å². The Bertz CT molecular complexity index is 590. The number of aromatic hydroxyl groups is 1. The zero-order valence-electron chi connectivity index (χ0n) is 8.89. The first-order chi connectivity index (χ1) is 8.58. The maximum atomic E-state index is 11.8. The molecule has 0 saturated heterocycles. The van der Waals surface area contributed by atoms with E-state index in [1.807, 2.05) is 0 Å². The largest absolute Gasteiger partial charge is 0.504 e. The number of hydrogen-bond acceptors (Lipinski definition) is 4. The van der Waals surface area contributed by atoms with E-state index in [0.29, 0.717) is 10.6 Å². The molecule has 18 heavy (non-hydrogen) atoms. The van der Waals surface area contributed by atoms with Gasteiger partial charge < -0.3 is 10.4 Å². The molecule has 0 aliphatic carbocycles. The van der Waals surface area contributed by atoms with Crippen molar-refractivity contribution in [3.05, 3.63) is 46.2 Å². The Kier molecular flexibility index (Phi) is 3.64. The second-order valence-electron chi connectivity index (χ2n) is 3.37. The van der Waals surface area contributed by atoms with E-state index >= 15 is 0 Å². The van der Waals surface area contributed by atoms with Crippen molar-refractivity contribution >= 4 is 34.8 Å². The molecule has 0 radical (unpaired) electrons. The molecule has 0 unspecified atom stereocenters. The molecule has 5 nitrogen and oxygen atoms in total. The zero-order valence-corrected chi connectivity index (χ0v) is 10.4. The highest BCUT2D eigenvalue weighted by molar-refractivity contribution is 6.36. The Labute approximate surface area is 112 Å². The van der Waals surface area contributed by atoms with Gasteiger partial charge in [0.15, 0.2) is 5.75 Å². The third kappa shape index (κ3) is 2.69. The van der Waals surface area contributed by atoms with Crippen LogP contribution in [0, 0.1) is 0 Å².